The Balaban J connectivity index is 1.85. The first-order chi connectivity index (χ1) is 11.2. The van der Waals surface area contributed by atoms with Crippen molar-refractivity contribution < 1.29 is 4.79 Å². The molecule has 1 saturated heterocycles. The molecular weight excluding hydrogens is 296 g/mol. The molecule has 3 aromatic heterocycles. The number of nitrogens with zero attached hydrogens (tertiary/aromatic N) is 5. The molecule has 116 valence electrons. The summed E-state index contributed by atoms with van der Waals surface area (Å²) in [7, 11) is 0. The molecule has 1 N–H and O–H groups in total. The average Bonchev–Trinajstić information content (AvgIpc) is 3.21. The first-order valence-electron chi connectivity index (χ1n) is 7.41. The van der Waals surface area contributed by atoms with Crippen molar-refractivity contribution in [2.45, 2.75) is 12.8 Å². The van der Waals surface area contributed by atoms with Gasteiger partial charge in [-0.3, -0.25) is 4.98 Å². The minimum atomic E-state index is -0.491. The third kappa shape index (κ3) is 2.28. The number of aromatic nitrogens is 5. The van der Waals surface area contributed by atoms with Crippen molar-refractivity contribution in [3.05, 3.63) is 41.2 Å². The SMILES string of the molecule is O=C(N1CCCC1)n1c(=O)[nH]c2cnc(-c3cccnc3)nc21. The Hall–Kier alpha value is -3.03. The molecule has 0 aliphatic carbocycles. The van der Waals surface area contributed by atoms with E-state index in [9.17, 15) is 9.59 Å². The number of amides is 1. The predicted molar refractivity (Wildman–Crippen MR) is 83.0 cm³/mol. The lowest BCUT2D eigenvalue weighted by Gasteiger charge is -2.14. The standard InChI is InChI=1S/C15H14N6O2/c22-14-18-11-9-17-12(10-4-3-5-16-8-10)19-13(11)21(14)15(23)20-6-1-2-7-20/h3-5,8-9H,1-2,6-7H2,(H,18,22). The Labute approximate surface area is 130 Å². The van der Waals surface area contributed by atoms with Crippen molar-refractivity contribution in [3.63, 3.8) is 0 Å². The number of hydrogen-bond donors (Lipinski definition) is 1. The van der Waals surface area contributed by atoms with Gasteiger partial charge in [0.25, 0.3) is 0 Å². The minimum absolute atomic E-state index is 0.292. The lowest BCUT2D eigenvalue weighted by atomic mass is 10.3. The number of likely N-dealkylation sites (tertiary alicyclic amines) is 1. The third-order valence-corrected chi connectivity index (χ3v) is 3.91. The first kappa shape index (κ1) is 13.6. The van der Waals surface area contributed by atoms with E-state index in [-0.39, 0.29) is 6.03 Å². The van der Waals surface area contributed by atoms with E-state index in [4.69, 9.17) is 0 Å². The van der Waals surface area contributed by atoms with Crippen molar-refractivity contribution in [2.75, 3.05) is 13.1 Å². The molecule has 1 aliphatic rings. The summed E-state index contributed by atoms with van der Waals surface area (Å²) in [5.74, 6) is 0.424. The van der Waals surface area contributed by atoms with Gasteiger partial charge in [0.05, 0.1) is 6.20 Å². The van der Waals surface area contributed by atoms with Crippen molar-refractivity contribution >= 4 is 17.2 Å². The van der Waals surface area contributed by atoms with Crippen LogP contribution in [0, 0.1) is 0 Å². The van der Waals surface area contributed by atoms with Crippen molar-refractivity contribution in [1.29, 1.82) is 0 Å². The molecule has 1 amide bonds. The maximum absolute atomic E-state index is 12.6. The molecule has 8 heteroatoms. The Kier molecular flexibility index (Phi) is 3.14. The number of fused-ring (bicyclic) bond motifs is 1. The number of pyridine rings is 1. The van der Waals surface area contributed by atoms with E-state index in [2.05, 4.69) is 19.9 Å². The van der Waals surface area contributed by atoms with E-state index in [0.29, 0.717) is 30.1 Å². The number of rotatable bonds is 1. The van der Waals surface area contributed by atoms with Gasteiger partial charge in [-0.1, -0.05) is 0 Å². The quantitative estimate of drug-likeness (QED) is 0.729. The molecule has 0 saturated carbocycles. The molecule has 0 atom stereocenters. The molecular formula is C15H14N6O2. The maximum atomic E-state index is 12.6. The number of aromatic amines is 1. The van der Waals surface area contributed by atoms with Crippen LogP contribution in [-0.4, -0.2) is 48.5 Å². The molecule has 0 aromatic carbocycles. The van der Waals surface area contributed by atoms with Gasteiger partial charge in [0, 0.05) is 31.0 Å². The molecule has 4 rings (SSSR count). The summed E-state index contributed by atoms with van der Waals surface area (Å²) >= 11 is 0. The Morgan fingerprint density at radius 2 is 2.04 bits per heavy atom. The van der Waals surface area contributed by atoms with Crippen LogP contribution in [0.2, 0.25) is 0 Å². The topological polar surface area (TPSA) is 96.8 Å². The highest BCUT2D eigenvalue weighted by molar-refractivity contribution is 5.87. The Morgan fingerprint density at radius 3 is 2.78 bits per heavy atom. The van der Waals surface area contributed by atoms with E-state index in [1.54, 1.807) is 23.4 Å². The zero-order chi connectivity index (χ0) is 15.8. The van der Waals surface area contributed by atoms with Crippen molar-refractivity contribution in [3.8, 4) is 11.4 Å². The highest BCUT2D eigenvalue weighted by atomic mass is 16.2. The van der Waals surface area contributed by atoms with Crippen molar-refractivity contribution in [2.24, 2.45) is 0 Å². The van der Waals surface area contributed by atoms with Crippen LogP contribution in [0.15, 0.2) is 35.5 Å². The number of imidazole rings is 1. The summed E-state index contributed by atoms with van der Waals surface area (Å²) in [4.78, 5) is 41.7. The Morgan fingerprint density at radius 1 is 1.22 bits per heavy atom. The molecule has 23 heavy (non-hydrogen) atoms. The van der Waals surface area contributed by atoms with Crippen LogP contribution in [0.3, 0.4) is 0 Å². The van der Waals surface area contributed by atoms with Crippen LogP contribution in [0.1, 0.15) is 12.8 Å². The highest BCUT2D eigenvalue weighted by Gasteiger charge is 2.24. The van der Waals surface area contributed by atoms with E-state index >= 15 is 0 Å². The number of carbonyl (C=O) groups is 1. The normalized spacial score (nSPS) is 14.5. The monoisotopic (exact) mass is 310 g/mol. The molecule has 0 unspecified atom stereocenters. The fourth-order valence-electron chi connectivity index (χ4n) is 2.76. The molecule has 0 spiro atoms. The summed E-state index contributed by atoms with van der Waals surface area (Å²) in [6.07, 6.45) is 6.72. The number of carbonyl (C=O) groups excluding carboxylic acids is 1. The average molecular weight is 310 g/mol. The maximum Gasteiger partial charge on any atom is 0.336 e. The van der Waals surface area contributed by atoms with Crippen LogP contribution >= 0.6 is 0 Å². The molecule has 1 aliphatic heterocycles. The van der Waals surface area contributed by atoms with Gasteiger partial charge in [-0.05, 0) is 25.0 Å². The summed E-state index contributed by atoms with van der Waals surface area (Å²) < 4.78 is 1.09. The van der Waals surface area contributed by atoms with Gasteiger partial charge >= 0.3 is 11.7 Å². The van der Waals surface area contributed by atoms with Gasteiger partial charge in [0.15, 0.2) is 11.5 Å². The lowest BCUT2D eigenvalue weighted by molar-refractivity contribution is 0.210. The van der Waals surface area contributed by atoms with Crippen molar-refractivity contribution in [1.82, 2.24) is 29.4 Å². The predicted octanol–water partition coefficient (Wildman–Crippen LogP) is 1.25. The van der Waals surface area contributed by atoms with Crippen LogP contribution in [0.5, 0.6) is 0 Å². The van der Waals surface area contributed by atoms with Crippen LogP contribution < -0.4 is 5.69 Å². The van der Waals surface area contributed by atoms with E-state index in [0.717, 1.165) is 23.0 Å². The number of nitrogens with one attached hydrogen (secondary N) is 1. The van der Waals surface area contributed by atoms with Crippen LogP contribution in [0.25, 0.3) is 22.6 Å². The summed E-state index contributed by atoms with van der Waals surface area (Å²) in [6.45, 7) is 1.33. The van der Waals surface area contributed by atoms with Crippen LogP contribution in [0.4, 0.5) is 4.79 Å². The fraction of sp³-hybridized carbons (Fsp3) is 0.267. The summed E-state index contributed by atoms with van der Waals surface area (Å²) in [5.41, 5.74) is 0.966. The molecule has 4 heterocycles. The second kappa shape index (κ2) is 5.31. The second-order valence-corrected chi connectivity index (χ2v) is 5.41. The molecule has 8 nitrogen and oxygen atoms in total. The molecule has 0 bridgehead atoms. The van der Waals surface area contributed by atoms with Gasteiger partial charge in [-0.2, -0.15) is 4.57 Å². The largest absolute Gasteiger partial charge is 0.336 e. The van der Waals surface area contributed by atoms with Crippen LogP contribution in [-0.2, 0) is 0 Å². The van der Waals surface area contributed by atoms with Gasteiger partial charge in [0.2, 0.25) is 0 Å². The first-order valence-corrected chi connectivity index (χ1v) is 7.41. The molecule has 1 fully saturated rings. The van der Waals surface area contributed by atoms with Gasteiger partial charge in [0.1, 0.15) is 5.52 Å². The van der Waals surface area contributed by atoms with Gasteiger partial charge in [-0.25, -0.2) is 19.6 Å². The lowest BCUT2D eigenvalue weighted by Crippen LogP contribution is -2.37. The second-order valence-electron chi connectivity index (χ2n) is 5.41. The smallest absolute Gasteiger partial charge is 0.324 e. The zero-order valence-corrected chi connectivity index (χ0v) is 12.3. The van der Waals surface area contributed by atoms with E-state index < -0.39 is 5.69 Å². The zero-order valence-electron chi connectivity index (χ0n) is 12.3. The molecule has 0 radical (unpaired) electrons. The summed E-state index contributed by atoms with van der Waals surface area (Å²) in [6, 6.07) is 3.27. The minimum Gasteiger partial charge on any atom is -0.324 e. The number of hydrogen-bond acceptors (Lipinski definition) is 5. The van der Waals surface area contributed by atoms with E-state index in [1.165, 1.54) is 6.20 Å². The highest BCUT2D eigenvalue weighted by Crippen LogP contribution is 2.17. The van der Waals surface area contributed by atoms with E-state index in [1.807, 2.05) is 6.07 Å². The summed E-state index contributed by atoms with van der Waals surface area (Å²) in [5, 5.41) is 0. The fourth-order valence-corrected chi connectivity index (χ4v) is 2.76. The number of H-pyrrole nitrogens is 1. The van der Waals surface area contributed by atoms with Gasteiger partial charge in [-0.15, -0.1) is 0 Å². The van der Waals surface area contributed by atoms with Gasteiger partial charge < -0.3 is 9.88 Å². The third-order valence-electron chi connectivity index (χ3n) is 3.91. The Bertz CT molecular complexity index is 924. The molecule has 3 aromatic rings.